The largest absolute Gasteiger partial charge is 0.0596 e. The Kier molecular flexibility index (Phi) is 0.527. The highest BCUT2D eigenvalue weighted by atomic mass is 14.8. The fourth-order valence-electron chi connectivity index (χ4n) is 1.93. The zero-order valence-corrected chi connectivity index (χ0v) is 5.99. The van der Waals surface area contributed by atoms with Crippen LogP contribution in [0.3, 0.4) is 0 Å². The quantitative estimate of drug-likeness (QED) is 0.449. The van der Waals surface area contributed by atoms with Gasteiger partial charge < -0.3 is 0 Å². The van der Waals surface area contributed by atoms with Crippen LogP contribution in [-0.2, 0) is 0 Å². The molecule has 2 aliphatic rings. The van der Waals surface area contributed by atoms with Crippen molar-refractivity contribution in [2.75, 3.05) is 0 Å². The summed E-state index contributed by atoms with van der Waals surface area (Å²) < 4.78 is 0. The summed E-state index contributed by atoms with van der Waals surface area (Å²) in [4.78, 5) is 0. The Morgan fingerprint density at radius 2 is 1.62 bits per heavy atom. The molecule has 0 aliphatic heterocycles. The van der Waals surface area contributed by atoms with Crippen molar-refractivity contribution < 1.29 is 0 Å². The van der Waals surface area contributed by atoms with E-state index in [0.29, 0.717) is 5.41 Å². The highest BCUT2D eigenvalue weighted by Gasteiger charge is 2.74. The van der Waals surface area contributed by atoms with Gasteiger partial charge in [-0.1, -0.05) is 20.8 Å². The molecule has 0 heteroatoms. The summed E-state index contributed by atoms with van der Waals surface area (Å²) in [6.07, 6.45) is 3.08. The zero-order chi connectivity index (χ0) is 5.99. The molecule has 0 unspecified atom stereocenters. The van der Waals surface area contributed by atoms with Crippen molar-refractivity contribution >= 4 is 0 Å². The van der Waals surface area contributed by atoms with Gasteiger partial charge in [-0.3, -0.25) is 0 Å². The van der Waals surface area contributed by atoms with E-state index in [9.17, 15) is 0 Å². The molecule has 0 aromatic heterocycles. The maximum atomic E-state index is 2.38. The maximum absolute atomic E-state index is 2.38. The fraction of sp³-hybridized carbons (Fsp3) is 1.00. The Balaban J connectivity index is 2.17. The molecule has 2 rings (SSSR count). The van der Waals surface area contributed by atoms with Gasteiger partial charge in [0.05, 0.1) is 0 Å². The second-order valence-electron chi connectivity index (χ2n) is 4.51. The van der Waals surface area contributed by atoms with Gasteiger partial charge in [-0.2, -0.15) is 0 Å². The molecule has 46 valence electrons. The minimum Gasteiger partial charge on any atom is -0.0596 e. The van der Waals surface area contributed by atoms with Crippen molar-refractivity contribution in [2.45, 2.75) is 33.6 Å². The van der Waals surface area contributed by atoms with E-state index < -0.39 is 0 Å². The van der Waals surface area contributed by atoms with Crippen molar-refractivity contribution in [3.63, 3.8) is 0 Å². The summed E-state index contributed by atoms with van der Waals surface area (Å²) >= 11 is 0. The number of fused-ring (bicyclic) bond motifs is 1. The molecule has 0 nitrogen and oxygen atoms in total. The van der Waals surface area contributed by atoms with Gasteiger partial charge in [-0.05, 0) is 29.6 Å². The summed E-state index contributed by atoms with van der Waals surface area (Å²) in [5, 5.41) is 0. The molecule has 2 saturated carbocycles. The lowest BCUT2D eigenvalue weighted by molar-refractivity contribution is 0.281. The molecule has 8 heavy (non-hydrogen) atoms. The van der Waals surface area contributed by atoms with Crippen LogP contribution < -0.4 is 0 Å². The molecule has 0 spiro atoms. The molecular weight excluding hydrogens is 96.1 g/mol. The van der Waals surface area contributed by atoms with Crippen molar-refractivity contribution in [3.05, 3.63) is 0 Å². The van der Waals surface area contributed by atoms with Crippen molar-refractivity contribution in [2.24, 2.45) is 16.7 Å². The highest BCUT2D eigenvalue weighted by Crippen LogP contribution is 2.82. The minimum absolute atomic E-state index is 0.623. The van der Waals surface area contributed by atoms with Crippen LogP contribution in [0.15, 0.2) is 0 Å². The van der Waals surface area contributed by atoms with Gasteiger partial charge in [0.2, 0.25) is 0 Å². The van der Waals surface area contributed by atoms with E-state index in [0.717, 1.165) is 11.3 Å². The summed E-state index contributed by atoms with van der Waals surface area (Å²) in [6, 6.07) is 0. The molecule has 2 fully saturated rings. The lowest BCUT2D eigenvalue weighted by atomic mass is 9.84. The first-order chi connectivity index (χ1) is 3.56. The zero-order valence-electron chi connectivity index (χ0n) is 5.99. The smallest absolute Gasteiger partial charge is 0.0214 e. The standard InChI is InChI=1S/C8H14/c1-7(2,3)8-4-6(8)5-8/h6H,4-5H2,1-3H3. The maximum Gasteiger partial charge on any atom is -0.0214 e. The van der Waals surface area contributed by atoms with Gasteiger partial charge in [-0.15, -0.1) is 0 Å². The lowest BCUT2D eigenvalue weighted by Crippen LogP contribution is -2.13. The van der Waals surface area contributed by atoms with E-state index in [4.69, 9.17) is 0 Å². The van der Waals surface area contributed by atoms with Crippen LogP contribution in [0, 0.1) is 16.7 Å². The molecule has 0 aromatic rings. The van der Waals surface area contributed by atoms with Crippen LogP contribution in [0.4, 0.5) is 0 Å². The topological polar surface area (TPSA) is 0 Å². The van der Waals surface area contributed by atoms with Gasteiger partial charge in [-0.25, -0.2) is 0 Å². The van der Waals surface area contributed by atoms with Gasteiger partial charge in [0.25, 0.3) is 0 Å². The number of hydrogen-bond donors (Lipinski definition) is 0. The first-order valence-electron chi connectivity index (χ1n) is 3.56. The summed E-state index contributed by atoms with van der Waals surface area (Å²) in [6.45, 7) is 7.12. The second-order valence-corrected chi connectivity index (χ2v) is 4.51. The van der Waals surface area contributed by atoms with Crippen molar-refractivity contribution in [1.82, 2.24) is 0 Å². The Morgan fingerprint density at radius 3 is 1.62 bits per heavy atom. The average molecular weight is 110 g/mol. The lowest BCUT2D eigenvalue weighted by Gasteiger charge is -2.21. The molecule has 0 saturated heterocycles. The van der Waals surface area contributed by atoms with Gasteiger partial charge in [0, 0.05) is 0 Å². The molecule has 0 N–H and O–H groups in total. The van der Waals surface area contributed by atoms with E-state index >= 15 is 0 Å². The van der Waals surface area contributed by atoms with Crippen LogP contribution in [-0.4, -0.2) is 0 Å². The summed E-state index contributed by atoms with van der Waals surface area (Å²) in [7, 11) is 0. The highest BCUT2D eigenvalue weighted by molar-refractivity contribution is 5.23. The Morgan fingerprint density at radius 1 is 1.25 bits per heavy atom. The van der Waals surface area contributed by atoms with Crippen LogP contribution >= 0.6 is 0 Å². The van der Waals surface area contributed by atoms with E-state index in [1.807, 2.05) is 0 Å². The monoisotopic (exact) mass is 110 g/mol. The summed E-state index contributed by atoms with van der Waals surface area (Å²) in [5.41, 5.74) is 1.48. The van der Waals surface area contributed by atoms with Crippen LogP contribution in [0.2, 0.25) is 0 Å². The minimum atomic E-state index is 0.623. The molecule has 0 bridgehead atoms. The fourth-order valence-corrected chi connectivity index (χ4v) is 1.93. The van der Waals surface area contributed by atoms with Gasteiger partial charge in [0.1, 0.15) is 0 Å². The third kappa shape index (κ3) is 0.340. The Labute approximate surface area is 51.3 Å². The molecular formula is C8H14. The predicted molar refractivity (Wildman–Crippen MR) is 34.6 cm³/mol. The van der Waals surface area contributed by atoms with E-state index in [1.54, 1.807) is 0 Å². The van der Waals surface area contributed by atoms with Crippen LogP contribution in [0.5, 0.6) is 0 Å². The van der Waals surface area contributed by atoms with E-state index in [1.165, 1.54) is 12.8 Å². The molecule has 2 aliphatic carbocycles. The third-order valence-electron chi connectivity index (χ3n) is 3.18. The average Bonchev–Trinajstić information content (AvgIpc) is 1.96. The molecule has 0 radical (unpaired) electrons. The molecule has 0 aromatic carbocycles. The Hall–Kier alpha value is 0. The summed E-state index contributed by atoms with van der Waals surface area (Å²) in [5.74, 6) is 1.16. The van der Waals surface area contributed by atoms with Crippen LogP contribution in [0.25, 0.3) is 0 Å². The molecule has 0 heterocycles. The van der Waals surface area contributed by atoms with Gasteiger partial charge >= 0.3 is 0 Å². The normalized spacial score (nSPS) is 50.6. The first kappa shape index (κ1) is 4.84. The van der Waals surface area contributed by atoms with E-state index in [2.05, 4.69) is 20.8 Å². The van der Waals surface area contributed by atoms with Gasteiger partial charge in [0.15, 0.2) is 0 Å². The van der Waals surface area contributed by atoms with E-state index in [-0.39, 0.29) is 0 Å². The third-order valence-corrected chi connectivity index (χ3v) is 3.18. The SMILES string of the molecule is CC(C)(C)C12CC1C2. The number of hydrogen-bond acceptors (Lipinski definition) is 0. The second kappa shape index (κ2) is 0.872. The predicted octanol–water partition coefficient (Wildman–Crippen LogP) is 2.44. The Bertz CT molecular complexity index is 121. The van der Waals surface area contributed by atoms with Crippen molar-refractivity contribution in [3.8, 4) is 0 Å². The van der Waals surface area contributed by atoms with Crippen LogP contribution in [0.1, 0.15) is 33.6 Å². The molecule has 0 atom stereocenters. The first-order valence-corrected chi connectivity index (χ1v) is 3.56. The number of rotatable bonds is 0. The van der Waals surface area contributed by atoms with Crippen molar-refractivity contribution in [1.29, 1.82) is 0 Å². The molecule has 0 amide bonds.